The summed E-state index contributed by atoms with van der Waals surface area (Å²) in [5, 5.41) is 0. The molecule has 0 saturated heterocycles. The molecule has 0 bridgehead atoms. The molecule has 1 aliphatic rings. The topological polar surface area (TPSA) is 9.23 Å². The summed E-state index contributed by atoms with van der Waals surface area (Å²) < 4.78 is 30.0. The Hall–Kier alpha value is -0.640. The third-order valence-electron chi connectivity index (χ3n) is 2.53. The summed E-state index contributed by atoms with van der Waals surface area (Å²) >= 11 is 3.39. The highest BCUT2D eigenvalue weighted by molar-refractivity contribution is 9.10. The highest BCUT2D eigenvalue weighted by atomic mass is 79.9. The number of halogens is 3. The van der Waals surface area contributed by atoms with Crippen LogP contribution in [0.4, 0.5) is 8.78 Å². The zero-order valence-corrected chi connectivity index (χ0v) is 9.85. The average molecular weight is 277 g/mol. The van der Waals surface area contributed by atoms with Gasteiger partial charge in [0.05, 0.1) is 0 Å². The summed E-state index contributed by atoms with van der Waals surface area (Å²) in [4.78, 5) is 0. The van der Waals surface area contributed by atoms with Crippen molar-refractivity contribution in [3.8, 4) is 5.75 Å². The van der Waals surface area contributed by atoms with E-state index in [2.05, 4.69) is 20.7 Å². The second-order valence-electron chi connectivity index (χ2n) is 3.76. The van der Waals surface area contributed by atoms with E-state index in [1.54, 1.807) is 13.0 Å². The Bertz CT molecular complexity index is 375. The van der Waals surface area contributed by atoms with Crippen LogP contribution >= 0.6 is 15.9 Å². The van der Waals surface area contributed by atoms with Gasteiger partial charge >= 0.3 is 6.61 Å². The number of rotatable bonds is 3. The molecule has 1 aliphatic carbocycles. The third kappa shape index (κ3) is 2.30. The van der Waals surface area contributed by atoms with Crippen molar-refractivity contribution in [1.29, 1.82) is 0 Å². The van der Waals surface area contributed by atoms with Crippen molar-refractivity contribution in [2.24, 2.45) is 0 Å². The van der Waals surface area contributed by atoms with Crippen LogP contribution in [-0.4, -0.2) is 6.61 Å². The molecule has 0 N–H and O–H groups in total. The van der Waals surface area contributed by atoms with Gasteiger partial charge in [0.2, 0.25) is 0 Å². The lowest BCUT2D eigenvalue weighted by Gasteiger charge is -2.14. The predicted molar refractivity (Wildman–Crippen MR) is 57.5 cm³/mol. The summed E-state index contributed by atoms with van der Waals surface area (Å²) in [6, 6.07) is 3.68. The van der Waals surface area contributed by atoms with Crippen LogP contribution in [-0.2, 0) is 0 Å². The van der Waals surface area contributed by atoms with Crippen LogP contribution < -0.4 is 4.74 Å². The number of hydrogen-bond donors (Lipinski definition) is 0. The first-order valence-electron chi connectivity index (χ1n) is 4.83. The number of benzene rings is 1. The van der Waals surface area contributed by atoms with Crippen molar-refractivity contribution < 1.29 is 13.5 Å². The molecule has 0 heterocycles. The summed E-state index contributed by atoms with van der Waals surface area (Å²) in [6.07, 6.45) is 2.11. The molecule has 82 valence electrons. The fraction of sp³-hybridized carbons (Fsp3) is 0.455. The molecule has 0 amide bonds. The molecular weight excluding hydrogens is 266 g/mol. The maximum absolute atomic E-state index is 12.3. The molecule has 1 saturated carbocycles. The molecule has 0 radical (unpaired) electrons. The van der Waals surface area contributed by atoms with Crippen LogP contribution in [0.1, 0.15) is 29.9 Å². The van der Waals surface area contributed by atoms with E-state index in [1.165, 1.54) is 0 Å². The van der Waals surface area contributed by atoms with Crippen molar-refractivity contribution >= 4 is 15.9 Å². The zero-order chi connectivity index (χ0) is 11.0. The molecule has 1 nitrogen and oxygen atoms in total. The number of ether oxygens (including phenoxy) is 1. The van der Waals surface area contributed by atoms with E-state index in [9.17, 15) is 8.78 Å². The van der Waals surface area contributed by atoms with Crippen molar-refractivity contribution in [1.82, 2.24) is 0 Å². The van der Waals surface area contributed by atoms with Gasteiger partial charge in [0.15, 0.2) is 0 Å². The minimum absolute atomic E-state index is 0.349. The quantitative estimate of drug-likeness (QED) is 0.803. The van der Waals surface area contributed by atoms with Gasteiger partial charge < -0.3 is 4.74 Å². The van der Waals surface area contributed by atoms with Gasteiger partial charge in [-0.1, -0.05) is 22.0 Å². The average Bonchev–Trinajstić information content (AvgIpc) is 2.94. The third-order valence-corrected chi connectivity index (χ3v) is 3.22. The highest BCUT2D eigenvalue weighted by Crippen LogP contribution is 2.48. The lowest BCUT2D eigenvalue weighted by Crippen LogP contribution is -2.06. The predicted octanol–water partition coefficient (Wildman–Crippen LogP) is 4.24. The summed E-state index contributed by atoms with van der Waals surface area (Å²) in [7, 11) is 0. The first-order valence-corrected chi connectivity index (χ1v) is 5.62. The molecule has 2 rings (SSSR count). The van der Waals surface area contributed by atoms with Crippen LogP contribution in [0.3, 0.4) is 0 Å². The van der Waals surface area contributed by atoms with Gasteiger partial charge in [-0.15, -0.1) is 0 Å². The van der Waals surface area contributed by atoms with Crippen molar-refractivity contribution in [2.75, 3.05) is 0 Å². The van der Waals surface area contributed by atoms with Gasteiger partial charge in [0.25, 0.3) is 0 Å². The van der Waals surface area contributed by atoms with Crippen molar-refractivity contribution in [2.45, 2.75) is 32.3 Å². The molecule has 0 aromatic heterocycles. The van der Waals surface area contributed by atoms with E-state index in [0.29, 0.717) is 11.7 Å². The van der Waals surface area contributed by atoms with E-state index in [0.717, 1.165) is 28.4 Å². The Labute approximate surface area is 95.6 Å². The lowest BCUT2D eigenvalue weighted by molar-refractivity contribution is -0.0509. The van der Waals surface area contributed by atoms with Gasteiger partial charge in [0, 0.05) is 10.0 Å². The largest absolute Gasteiger partial charge is 0.434 e. The Balaban J connectivity index is 2.43. The standard InChI is InChI=1S/C11H11BrF2O/c1-6-2-5-8(12)9(7-3-4-7)10(6)15-11(13)14/h2,5,7,11H,3-4H2,1H3. The molecule has 1 aromatic rings. The highest BCUT2D eigenvalue weighted by Gasteiger charge is 2.30. The first kappa shape index (κ1) is 10.9. The maximum Gasteiger partial charge on any atom is 0.387 e. The Morgan fingerprint density at radius 3 is 2.60 bits per heavy atom. The molecule has 0 aliphatic heterocycles. The van der Waals surface area contributed by atoms with Gasteiger partial charge in [-0.2, -0.15) is 8.78 Å². The van der Waals surface area contributed by atoms with Crippen LogP contribution in [0.2, 0.25) is 0 Å². The maximum atomic E-state index is 12.3. The van der Waals surface area contributed by atoms with E-state index < -0.39 is 6.61 Å². The zero-order valence-electron chi connectivity index (χ0n) is 8.27. The minimum atomic E-state index is -2.75. The molecule has 15 heavy (non-hydrogen) atoms. The van der Waals surface area contributed by atoms with Gasteiger partial charge in [-0.25, -0.2) is 0 Å². The second kappa shape index (κ2) is 4.08. The Morgan fingerprint density at radius 2 is 2.07 bits per heavy atom. The summed E-state index contributed by atoms with van der Waals surface area (Å²) in [6.45, 7) is -0.966. The molecule has 0 unspecified atom stereocenters. The normalized spacial score (nSPS) is 15.8. The van der Waals surface area contributed by atoms with Gasteiger partial charge in [-0.3, -0.25) is 0 Å². The smallest absolute Gasteiger partial charge is 0.387 e. The molecular formula is C11H11BrF2O. The number of aryl methyl sites for hydroxylation is 1. The van der Waals surface area contributed by atoms with Crippen LogP contribution in [0.15, 0.2) is 16.6 Å². The number of alkyl halides is 2. The molecule has 1 aromatic carbocycles. The molecule has 0 atom stereocenters. The fourth-order valence-electron chi connectivity index (χ4n) is 1.68. The van der Waals surface area contributed by atoms with E-state index in [-0.39, 0.29) is 0 Å². The second-order valence-corrected chi connectivity index (χ2v) is 4.61. The van der Waals surface area contributed by atoms with E-state index in [1.807, 2.05) is 6.07 Å². The summed E-state index contributed by atoms with van der Waals surface area (Å²) in [5.41, 5.74) is 1.66. The molecule has 0 spiro atoms. The van der Waals surface area contributed by atoms with E-state index >= 15 is 0 Å². The molecule has 4 heteroatoms. The van der Waals surface area contributed by atoms with Crippen LogP contribution in [0.5, 0.6) is 5.75 Å². The fourth-order valence-corrected chi connectivity index (χ4v) is 2.32. The molecule has 1 fully saturated rings. The van der Waals surface area contributed by atoms with Crippen LogP contribution in [0, 0.1) is 6.92 Å². The summed E-state index contributed by atoms with van der Waals surface area (Å²) in [5.74, 6) is 0.731. The van der Waals surface area contributed by atoms with Crippen LogP contribution in [0.25, 0.3) is 0 Å². The first-order chi connectivity index (χ1) is 7.09. The van der Waals surface area contributed by atoms with E-state index in [4.69, 9.17) is 0 Å². The van der Waals surface area contributed by atoms with Gasteiger partial charge in [-0.05, 0) is 37.3 Å². The SMILES string of the molecule is Cc1ccc(Br)c(C2CC2)c1OC(F)F. The van der Waals surface area contributed by atoms with Gasteiger partial charge in [0.1, 0.15) is 5.75 Å². The van der Waals surface area contributed by atoms with Crippen molar-refractivity contribution in [3.05, 3.63) is 27.7 Å². The lowest BCUT2D eigenvalue weighted by atomic mass is 10.1. The number of hydrogen-bond acceptors (Lipinski definition) is 1. The Kier molecular flexibility index (Phi) is 2.96. The Morgan fingerprint density at radius 1 is 1.40 bits per heavy atom. The monoisotopic (exact) mass is 276 g/mol. The minimum Gasteiger partial charge on any atom is -0.434 e. The van der Waals surface area contributed by atoms with Crippen molar-refractivity contribution in [3.63, 3.8) is 0 Å².